The van der Waals surface area contributed by atoms with Crippen molar-refractivity contribution in [1.82, 2.24) is 10.2 Å². The van der Waals surface area contributed by atoms with E-state index >= 15 is 0 Å². The molecule has 0 radical (unpaired) electrons. The Morgan fingerprint density at radius 2 is 2.22 bits per heavy atom. The van der Waals surface area contributed by atoms with Crippen LogP contribution in [0, 0.1) is 0 Å². The van der Waals surface area contributed by atoms with Crippen molar-refractivity contribution in [2.24, 2.45) is 0 Å². The largest absolute Gasteiger partial charge is 0.481 e. The van der Waals surface area contributed by atoms with Gasteiger partial charge in [0.05, 0.1) is 18.6 Å². The molecule has 1 aliphatic heterocycles. The van der Waals surface area contributed by atoms with Crippen molar-refractivity contribution in [2.45, 2.75) is 44.8 Å². The van der Waals surface area contributed by atoms with Gasteiger partial charge in [-0.1, -0.05) is 0 Å². The van der Waals surface area contributed by atoms with Crippen molar-refractivity contribution in [3.63, 3.8) is 0 Å². The van der Waals surface area contributed by atoms with Crippen LogP contribution in [-0.4, -0.2) is 53.8 Å². The van der Waals surface area contributed by atoms with Gasteiger partial charge < -0.3 is 20.1 Å². The lowest BCUT2D eigenvalue weighted by atomic mass is 9.95. The number of rotatable bonds is 4. The van der Waals surface area contributed by atoms with Crippen LogP contribution < -0.4 is 5.32 Å². The van der Waals surface area contributed by atoms with Gasteiger partial charge in [0.15, 0.2) is 0 Å². The minimum Gasteiger partial charge on any atom is -0.481 e. The number of ether oxygens (including phenoxy) is 1. The fourth-order valence-electron chi connectivity index (χ4n) is 2.16. The van der Waals surface area contributed by atoms with Crippen molar-refractivity contribution in [3.05, 3.63) is 0 Å². The lowest BCUT2D eigenvalue weighted by Crippen LogP contribution is -2.54. The standard InChI is InChI=1S/C12H22N2O4/c1-9(7-10(15)16)13-11(17)14-6-4-5-12(2,8-14)18-3/h9H,4-8H2,1-3H3,(H,13,17)(H,15,16). The topological polar surface area (TPSA) is 78.9 Å². The zero-order chi connectivity index (χ0) is 13.8. The minimum absolute atomic E-state index is 0.0683. The predicted octanol–water partition coefficient (Wildman–Crippen LogP) is 1.06. The summed E-state index contributed by atoms with van der Waals surface area (Å²) in [5.74, 6) is -0.914. The number of aliphatic carboxylic acids is 1. The highest BCUT2D eigenvalue weighted by molar-refractivity contribution is 5.76. The van der Waals surface area contributed by atoms with Crippen molar-refractivity contribution < 1.29 is 19.4 Å². The van der Waals surface area contributed by atoms with Gasteiger partial charge in [-0.05, 0) is 26.7 Å². The third kappa shape index (κ3) is 4.18. The first-order valence-electron chi connectivity index (χ1n) is 6.19. The molecule has 1 aliphatic rings. The molecule has 2 N–H and O–H groups in total. The Labute approximate surface area is 107 Å². The molecule has 1 rings (SSSR count). The molecule has 1 saturated heterocycles. The summed E-state index contributed by atoms with van der Waals surface area (Å²) in [5.41, 5.74) is -0.300. The van der Waals surface area contributed by atoms with Crippen molar-refractivity contribution in [1.29, 1.82) is 0 Å². The molecule has 2 unspecified atom stereocenters. The highest BCUT2D eigenvalue weighted by Crippen LogP contribution is 2.23. The average molecular weight is 258 g/mol. The number of likely N-dealkylation sites (tertiary alicyclic amines) is 1. The summed E-state index contributed by atoms with van der Waals surface area (Å²) in [7, 11) is 1.65. The van der Waals surface area contributed by atoms with E-state index < -0.39 is 5.97 Å². The first-order valence-corrected chi connectivity index (χ1v) is 6.19. The summed E-state index contributed by atoms with van der Waals surface area (Å²) in [6.45, 7) is 4.89. The predicted molar refractivity (Wildman–Crippen MR) is 66.5 cm³/mol. The molecule has 0 aromatic rings. The molecule has 1 fully saturated rings. The van der Waals surface area contributed by atoms with Crippen LogP contribution in [0.2, 0.25) is 0 Å². The van der Waals surface area contributed by atoms with Crippen molar-refractivity contribution in [2.75, 3.05) is 20.2 Å². The van der Waals surface area contributed by atoms with E-state index in [4.69, 9.17) is 9.84 Å². The number of carbonyl (C=O) groups excluding carboxylic acids is 1. The number of nitrogens with one attached hydrogen (secondary N) is 1. The van der Waals surface area contributed by atoms with E-state index in [1.54, 1.807) is 18.9 Å². The monoisotopic (exact) mass is 258 g/mol. The van der Waals surface area contributed by atoms with Gasteiger partial charge in [0.1, 0.15) is 0 Å². The lowest BCUT2D eigenvalue weighted by molar-refractivity contribution is -0.137. The van der Waals surface area contributed by atoms with Gasteiger partial charge in [0, 0.05) is 19.7 Å². The van der Waals surface area contributed by atoms with Crippen LogP contribution in [-0.2, 0) is 9.53 Å². The molecule has 0 bridgehead atoms. The van der Waals surface area contributed by atoms with Gasteiger partial charge >= 0.3 is 12.0 Å². The number of urea groups is 1. The van der Waals surface area contributed by atoms with E-state index in [0.717, 1.165) is 12.8 Å². The lowest BCUT2D eigenvalue weighted by Gasteiger charge is -2.39. The van der Waals surface area contributed by atoms with Gasteiger partial charge in [0.25, 0.3) is 0 Å². The van der Waals surface area contributed by atoms with E-state index in [2.05, 4.69) is 5.32 Å². The van der Waals surface area contributed by atoms with Crippen molar-refractivity contribution in [3.8, 4) is 0 Å². The number of amides is 2. The number of carboxylic acid groups (broad SMARTS) is 1. The van der Waals surface area contributed by atoms with E-state index in [1.165, 1.54) is 0 Å². The summed E-state index contributed by atoms with van der Waals surface area (Å²) in [4.78, 5) is 24.2. The first kappa shape index (κ1) is 14.8. The van der Waals surface area contributed by atoms with Crippen LogP contribution in [0.3, 0.4) is 0 Å². The second-order valence-electron chi connectivity index (χ2n) is 5.13. The third-order valence-electron chi connectivity index (χ3n) is 3.29. The third-order valence-corrected chi connectivity index (χ3v) is 3.29. The summed E-state index contributed by atoms with van der Waals surface area (Å²) in [5, 5.41) is 11.3. The number of nitrogens with zero attached hydrogens (tertiary/aromatic N) is 1. The Morgan fingerprint density at radius 3 is 2.78 bits per heavy atom. The maximum Gasteiger partial charge on any atom is 0.317 e. The molecule has 0 aliphatic carbocycles. The van der Waals surface area contributed by atoms with E-state index in [0.29, 0.717) is 13.1 Å². The maximum atomic E-state index is 12.0. The second kappa shape index (κ2) is 6.04. The molecule has 2 amide bonds. The van der Waals surface area contributed by atoms with Crippen LogP contribution >= 0.6 is 0 Å². The Kier molecular flexibility index (Phi) is 4.95. The quantitative estimate of drug-likeness (QED) is 0.790. The number of hydrogen-bond acceptors (Lipinski definition) is 3. The molecule has 0 aromatic carbocycles. The molecule has 1 heterocycles. The normalized spacial score (nSPS) is 25.6. The fourth-order valence-corrected chi connectivity index (χ4v) is 2.16. The van der Waals surface area contributed by atoms with Crippen LogP contribution in [0.5, 0.6) is 0 Å². The Bertz CT molecular complexity index is 321. The average Bonchev–Trinajstić information content (AvgIpc) is 2.28. The Hall–Kier alpha value is -1.30. The van der Waals surface area contributed by atoms with Gasteiger partial charge in [-0.2, -0.15) is 0 Å². The number of methoxy groups -OCH3 is 1. The molecule has 0 spiro atoms. The van der Waals surface area contributed by atoms with Crippen LogP contribution in [0.1, 0.15) is 33.1 Å². The molecular formula is C12H22N2O4. The van der Waals surface area contributed by atoms with Crippen LogP contribution in [0.15, 0.2) is 0 Å². The maximum absolute atomic E-state index is 12.0. The molecule has 6 nitrogen and oxygen atoms in total. The SMILES string of the molecule is COC1(C)CCCN(C(=O)NC(C)CC(=O)O)C1. The zero-order valence-corrected chi connectivity index (χ0v) is 11.2. The summed E-state index contributed by atoms with van der Waals surface area (Å²) >= 11 is 0. The van der Waals surface area contributed by atoms with Crippen LogP contribution in [0.25, 0.3) is 0 Å². The van der Waals surface area contributed by atoms with Gasteiger partial charge in [-0.15, -0.1) is 0 Å². The Morgan fingerprint density at radius 1 is 1.56 bits per heavy atom. The number of piperidine rings is 1. The molecule has 0 aromatic heterocycles. The fraction of sp³-hybridized carbons (Fsp3) is 0.833. The molecule has 0 saturated carbocycles. The van der Waals surface area contributed by atoms with Gasteiger partial charge in [-0.25, -0.2) is 4.79 Å². The van der Waals surface area contributed by atoms with Gasteiger partial charge in [-0.3, -0.25) is 4.79 Å². The van der Waals surface area contributed by atoms with Crippen molar-refractivity contribution >= 4 is 12.0 Å². The summed E-state index contributed by atoms with van der Waals surface area (Å²) in [6.07, 6.45) is 1.75. The Balaban J connectivity index is 2.49. The highest BCUT2D eigenvalue weighted by Gasteiger charge is 2.33. The summed E-state index contributed by atoms with van der Waals surface area (Å²) in [6, 6.07) is -0.586. The van der Waals surface area contributed by atoms with E-state index in [-0.39, 0.29) is 24.1 Å². The summed E-state index contributed by atoms with van der Waals surface area (Å²) < 4.78 is 5.41. The smallest absolute Gasteiger partial charge is 0.317 e. The molecule has 6 heteroatoms. The minimum atomic E-state index is -0.914. The molecule has 18 heavy (non-hydrogen) atoms. The van der Waals surface area contributed by atoms with E-state index in [1.807, 2.05) is 6.92 Å². The highest BCUT2D eigenvalue weighted by atomic mass is 16.5. The first-order chi connectivity index (χ1) is 8.36. The molecular weight excluding hydrogens is 236 g/mol. The second-order valence-corrected chi connectivity index (χ2v) is 5.13. The molecule has 2 atom stereocenters. The number of hydrogen-bond donors (Lipinski definition) is 2. The van der Waals surface area contributed by atoms with Crippen LogP contribution in [0.4, 0.5) is 4.79 Å². The van der Waals surface area contributed by atoms with E-state index in [9.17, 15) is 9.59 Å². The number of carbonyl (C=O) groups is 2. The van der Waals surface area contributed by atoms with Gasteiger partial charge in [0.2, 0.25) is 0 Å². The molecule has 104 valence electrons. The number of carboxylic acids is 1. The zero-order valence-electron chi connectivity index (χ0n) is 11.2.